The normalized spacial score (nSPS) is 13.9. The number of hydrogen-bond donors (Lipinski definition) is 0. The van der Waals surface area contributed by atoms with Gasteiger partial charge in [-0.2, -0.15) is 8.42 Å². The third-order valence-electron chi connectivity index (χ3n) is 1.90. The van der Waals surface area contributed by atoms with Crippen LogP contribution in [0, 0.1) is 5.82 Å². The minimum Gasteiger partial charge on any atom is -0.205 e. The first kappa shape index (κ1) is 12.7. The van der Waals surface area contributed by atoms with E-state index < -0.39 is 21.3 Å². The highest BCUT2D eigenvalue weighted by atomic mass is 35.5. The van der Waals surface area contributed by atoms with E-state index in [0.29, 0.717) is 0 Å². The summed E-state index contributed by atoms with van der Waals surface area (Å²) in [6, 6.07) is 1.85. The lowest BCUT2D eigenvalue weighted by Gasteiger charge is -2.09. The van der Waals surface area contributed by atoms with E-state index >= 15 is 0 Å². The fraction of sp³-hybridized carbons (Fsp3) is 0.250. The largest absolute Gasteiger partial charge is 0.309 e. The second-order valence-corrected chi connectivity index (χ2v) is 5.38. The molecule has 0 saturated carbocycles. The van der Waals surface area contributed by atoms with Gasteiger partial charge in [0.25, 0.3) is 0 Å². The van der Waals surface area contributed by atoms with Gasteiger partial charge in [-0.1, -0.05) is 23.2 Å². The Morgan fingerprint density at radius 1 is 1.27 bits per heavy atom. The Kier molecular flexibility index (Phi) is 3.58. The molecule has 0 radical (unpaired) electrons. The van der Waals surface area contributed by atoms with Crippen LogP contribution in [0.5, 0.6) is 0 Å². The molecule has 0 bridgehead atoms. The van der Waals surface area contributed by atoms with Crippen LogP contribution in [-0.4, -0.2) is 8.42 Å². The molecular formula is C8H6Cl2F2O2S. The Balaban J connectivity index is 3.33. The quantitative estimate of drug-likeness (QED) is 0.611. The standard InChI is InChI=1S/C8H6Cl2F2O2S/c1-4(15(12,13)14)5-2-8(11)7(10)3-6(5)9/h2-4H,1H3. The van der Waals surface area contributed by atoms with E-state index in [2.05, 4.69) is 0 Å². The molecule has 1 aromatic rings. The van der Waals surface area contributed by atoms with Gasteiger partial charge in [-0.25, -0.2) is 4.39 Å². The van der Waals surface area contributed by atoms with Crippen LogP contribution >= 0.6 is 23.2 Å². The van der Waals surface area contributed by atoms with E-state index in [4.69, 9.17) is 23.2 Å². The first-order valence-electron chi connectivity index (χ1n) is 3.81. The predicted molar refractivity (Wildman–Crippen MR) is 54.9 cm³/mol. The first-order chi connectivity index (χ1) is 6.73. The number of halogens is 4. The van der Waals surface area contributed by atoms with Crippen molar-refractivity contribution in [2.45, 2.75) is 12.2 Å². The summed E-state index contributed by atoms with van der Waals surface area (Å²) in [7, 11) is -4.80. The van der Waals surface area contributed by atoms with Crippen LogP contribution in [0.2, 0.25) is 10.0 Å². The first-order valence-corrected chi connectivity index (χ1v) is 6.01. The topological polar surface area (TPSA) is 34.1 Å². The van der Waals surface area contributed by atoms with Crippen LogP contribution in [0.15, 0.2) is 12.1 Å². The zero-order chi connectivity index (χ0) is 11.8. The molecule has 1 atom stereocenters. The average molecular weight is 275 g/mol. The van der Waals surface area contributed by atoms with Crippen LogP contribution in [0.25, 0.3) is 0 Å². The predicted octanol–water partition coefficient (Wildman–Crippen LogP) is 3.49. The van der Waals surface area contributed by atoms with Crippen LogP contribution in [0.3, 0.4) is 0 Å². The molecule has 0 aromatic heterocycles. The Morgan fingerprint density at radius 2 is 1.80 bits per heavy atom. The number of hydrogen-bond acceptors (Lipinski definition) is 2. The highest BCUT2D eigenvalue weighted by Crippen LogP contribution is 2.32. The van der Waals surface area contributed by atoms with Crippen molar-refractivity contribution in [2.75, 3.05) is 0 Å². The van der Waals surface area contributed by atoms with Gasteiger partial charge >= 0.3 is 10.2 Å². The van der Waals surface area contributed by atoms with Gasteiger partial charge in [0.2, 0.25) is 0 Å². The number of rotatable bonds is 2. The summed E-state index contributed by atoms with van der Waals surface area (Å²) in [4.78, 5) is 0. The lowest BCUT2D eigenvalue weighted by Crippen LogP contribution is -2.05. The fourth-order valence-corrected chi connectivity index (χ4v) is 2.11. The zero-order valence-corrected chi connectivity index (χ0v) is 9.80. The summed E-state index contributed by atoms with van der Waals surface area (Å²) in [5.74, 6) is -0.841. The average Bonchev–Trinajstić information content (AvgIpc) is 2.08. The monoisotopic (exact) mass is 274 g/mol. The molecule has 2 nitrogen and oxygen atoms in total. The maximum Gasteiger partial charge on any atom is 0.309 e. The molecule has 0 aliphatic rings. The van der Waals surface area contributed by atoms with Gasteiger partial charge < -0.3 is 0 Å². The van der Waals surface area contributed by atoms with E-state index in [0.717, 1.165) is 19.1 Å². The van der Waals surface area contributed by atoms with Crippen LogP contribution in [0.4, 0.5) is 8.28 Å². The maximum absolute atomic E-state index is 13.0. The molecule has 15 heavy (non-hydrogen) atoms. The highest BCUT2D eigenvalue weighted by molar-refractivity contribution is 7.86. The summed E-state index contributed by atoms with van der Waals surface area (Å²) in [5, 5.41) is -1.85. The molecular weight excluding hydrogens is 269 g/mol. The second kappa shape index (κ2) is 4.23. The third kappa shape index (κ3) is 2.80. The minimum atomic E-state index is -4.80. The Bertz CT molecular complexity index is 488. The fourth-order valence-electron chi connectivity index (χ4n) is 1.00. The molecule has 1 unspecified atom stereocenters. The molecule has 0 heterocycles. The van der Waals surface area contributed by atoms with Crippen molar-refractivity contribution in [3.63, 3.8) is 0 Å². The Hall–Kier alpha value is -0.390. The molecule has 0 aliphatic carbocycles. The lowest BCUT2D eigenvalue weighted by molar-refractivity contribution is 0.540. The van der Waals surface area contributed by atoms with Crippen LogP contribution in [-0.2, 0) is 10.2 Å². The molecule has 1 rings (SSSR count). The molecule has 0 fully saturated rings. The molecule has 0 amide bonds. The Morgan fingerprint density at radius 3 is 2.27 bits per heavy atom. The van der Waals surface area contributed by atoms with E-state index in [1.807, 2.05) is 0 Å². The van der Waals surface area contributed by atoms with Gasteiger partial charge in [0, 0.05) is 5.02 Å². The summed E-state index contributed by atoms with van der Waals surface area (Å²) in [6.45, 7) is 1.07. The van der Waals surface area contributed by atoms with Gasteiger partial charge in [0.1, 0.15) is 11.1 Å². The molecule has 0 spiro atoms. The lowest BCUT2D eigenvalue weighted by atomic mass is 10.1. The van der Waals surface area contributed by atoms with Gasteiger partial charge in [-0.3, -0.25) is 0 Å². The number of benzene rings is 1. The minimum absolute atomic E-state index is 0.0878. The van der Waals surface area contributed by atoms with Gasteiger partial charge in [0.05, 0.1) is 5.02 Å². The molecule has 0 aliphatic heterocycles. The molecule has 84 valence electrons. The van der Waals surface area contributed by atoms with E-state index in [-0.39, 0.29) is 15.6 Å². The molecule has 0 N–H and O–H groups in total. The van der Waals surface area contributed by atoms with E-state index in [1.165, 1.54) is 0 Å². The van der Waals surface area contributed by atoms with Crippen molar-refractivity contribution in [2.24, 2.45) is 0 Å². The summed E-state index contributed by atoms with van der Waals surface area (Å²) < 4.78 is 46.8. The zero-order valence-electron chi connectivity index (χ0n) is 7.47. The van der Waals surface area contributed by atoms with Crippen molar-refractivity contribution in [3.05, 3.63) is 33.6 Å². The summed E-state index contributed by atoms with van der Waals surface area (Å²) >= 11 is 11.0. The molecule has 0 saturated heterocycles. The van der Waals surface area contributed by atoms with Crippen LogP contribution < -0.4 is 0 Å². The second-order valence-electron chi connectivity index (χ2n) is 2.91. The van der Waals surface area contributed by atoms with Crippen molar-refractivity contribution < 1.29 is 16.7 Å². The Labute approximate surface area is 96.0 Å². The smallest absolute Gasteiger partial charge is 0.205 e. The van der Waals surface area contributed by atoms with Gasteiger partial charge in [-0.05, 0) is 24.6 Å². The van der Waals surface area contributed by atoms with Gasteiger partial charge in [0.15, 0.2) is 0 Å². The maximum atomic E-state index is 13.0. The van der Waals surface area contributed by atoms with E-state index in [1.54, 1.807) is 0 Å². The SMILES string of the molecule is CC(c1cc(F)c(Cl)cc1Cl)S(=O)(=O)F. The van der Waals surface area contributed by atoms with Gasteiger partial charge in [-0.15, -0.1) is 3.89 Å². The van der Waals surface area contributed by atoms with Crippen LogP contribution in [0.1, 0.15) is 17.7 Å². The van der Waals surface area contributed by atoms with Crippen molar-refractivity contribution >= 4 is 33.4 Å². The summed E-state index contributed by atoms with van der Waals surface area (Å²) in [6.07, 6.45) is 0. The van der Waals surface area contributed by atoms with E-state index in [9.17, 15) is 16.7 Å². The van der Waals surface area contributed by atoms with Crippen molar-refractivity contribution in [1.29, 1.82) is 0 Å². The van der Waals surface area contributed by atoms with Crippen molar-refractivity contribution in [1.82, 2.24) is 0 Å². The van der Waals surface area contributed by atoms with Crippen molar-refractivity contribution in [3.8, 4) is 0 Å². The summed E-state index contributed by atoms with van der Waals surface area (Å²) in [5.41, 5.74) is -0.152. The highest BCUT2D eigenvalue weighted by Gasteiger charge is 2.25. The molecule has 7 heteroatoms. The third-order valence-corrected chi connectivity index (χ3v) is 3.62. The molecule has 1 aromatic carbocycles.